The Kier molecular flexibility index (Phi) is 8.18. The number of rotatable bonds is 7. The van der Waals surface area contributed by atoms with E-state index in [1.807, 2.05) is 24.3 Å². The van der Waals surface area contributed by atoms with Crippen molar-refractivity contribution in [3.05, 3.63) is 29.3 Å². The molecule has 0 aromatic heterocycles. The van der Waals surface area contributed by atoms with Crippen molar-refractivity contribution < 1.29 is 9.47 Å². The van der Waals surface area contributed by atoms with E-state index in [1.165, 1.54) is 4.90 Å². The Morgan fingerprint density at radius 3 is 2.62 bits per heavy atom. The van der Waals surface area contributed by atoms with Gasteiger partial charge in [0, 0.05) is 69.0 Å². The fourth-order valence-corrected chi connectivity index (χ4v) is 3.43. The second-order valence-corrected chi connectivity index (χ2v) is 7.26. The first-order valence-corrected chi connectivity index (χ1v) is 9.50. The van der Waals surface area contributed by atoms with Gasteiger partial charge in [-0.2, -0.15) is 0 Å². The summed E-state index contributed by atoms with van der Waals surface area (Å²) in [6, 6.07) is 7.90. The molecule has 134 valence electrons. The molecule has 1 aromatic carbocycles. The smallest absolute Gasteiger partial charge is 0.191 e. The van der Waals surface area contributed by atoms with Crippen molar-refractivity contribution in [2.75, 3.05) is 46.2 Å². The van der Waals surface area contributed by atoms with Crippen LogP contribution in [0.4, 0.5) is 0 Å². The number of nitrogens with zero attached hydrogens (tertiary/aromatic N) is 1. The zero-order chi connectivity index (χ0) is 17.3. The second kappa shape index (κ2) is 10.1. The Morgan fingerprint density at radius 2 is 2.00 bits per heavy atom. The second-order valence-electron chi connectivity index (χ2n) is 5.65. The van der Waals surface area contributed by atoms with E-state index >= 15 is 0 Å². The molecule has 0 spiro atoms. The molecule has 0 unspecified atom stereocenters. The molecule has 0 bridgehead atoms. The number of nitrogens with one attached hydrogen (secondary N) is 2. The number of methoxy groups -OCH3 is 1. The lowest BCUT2D eigenvalue weighted by Gasteiger charge is -2.36. The van der Waals surface area contributed by atoms with E-state index in [4.69, 9.17) is 21.1 Å². The van der Waals surface area contributed by atoms with Gasteiger partial charge in [0.25, 0.3) is 0 Å². The van der Waals surface area contributed by atoms with Crippen LogP contribution in [0.15, 0.2) is 34.2 Å². The van der Waals surface area contributed by atoms with Crippen LogP contribution in [-0.4, -0.2) is 57.8 Å². The number of halogens is 1. The molecule has 7 heteroatoms. The maximum atomic E-state index is 5.89. The molecule has 0 saturated carbocycles. The number of thioether (sulfide) groups is 1. The number of benzene rings is 1. The van der Waals surface area contributed by atoms with Gasteiger partial charge < -0.3 is 20.1 Å². The lowest BCUT2D eigenvalue weighted by molar-refractivity contribution is -0.0855. The zero-order valence-corrected chi connectivity index (χ0v) is 15.9. The zero-order valence-electron chi connectivity index (χ0n) is 14.3. The minimum absolute atomic E-state index is 0.159. The van der Waals surface area contributed by atoms with Crippen molar-refractivity contribution in [1.29, 1.82) is 0 Å². The lowest BCUT2D eigenvalue weighted by Crippen LogP contribution is -2.51. The van der Waals surface area contributed by atoms with Crippen molar-refractivity contribution in [1.82, 2.24) is 10.6 Å². The van der Waals surface area contributed by atoms with E-state index in [0.717, 1.165) is 55.9 Å². The van der Waals surface area contributed by atoms with Gasteiger partial charge in [-0.1, -0.05) is 11.6 Å². The summed E-state index contributed by atoms with van der Waals surface area (Å²) < 4.78 is 11.2. The van der Waals surface area contributed by atoms with E-state index in [2.05, 4.69) is 15.6 Å². The van der Waals surface area contributed by atoms with Crippen LogP contribution >= 0.6 is 23.4 Å². The third-order valence-corrected chi connectivity index (χ3v) is 5.38. The van der Waals surface area contributed by atoms with Crippen LogP contribution < -0.4 is 10.6 Å². The van der Waals surface area contributed by atoms with Crippen molar-refractivity contribution in [3.8, 4) is 0 Å². The molecule has 1 aromatic rings. The van der Waals surface area contributed by atoms with Crippen molar-refractivity contribution in [2.24, 2.45) is 4.99 Å². The van der Waals surface area contributed by atoms with E-state index in [0.29, 0.717) is 0 Å². The van der Waals surface area contributed by atoms with E-state index in [9.17, 15) is 0 Å². The van der Waals surface area contributed by atoms with Gasteiger partial charge >= 0.3 is 0 Å². The summed E-state index contributed by atoms with van der Waals surface area (Å²) in [5.74, 6) is 1.75. The Hall–Kier alpha value is -0.950. The van der Waals surface area contributed by atoms with Gasteiger partial charge in [-0.05, 0) is 24.3 Å². The maximum absolute atomic E-state index is 5.89. The Balaban J connectivity index is 1.69. The van der Waals surface area contributed by atoms with Gasteiger partial charge in [0.15, 0.2) is 5.96 Å². The van der Waals surface area contributed by atoms with Gasteiger partial charge in [0.05, 0.1) is 5.60 Å². The first-order chi connectivity index (χ1) is 11.7. The number of ether oxygens (including phenoxy) is 2. The average Bonchev–Trinajstić information content (AvgIpc) is 2.63. The summed E-state index contributed by atoms with van der Waals surface area (Å²) in [6.45, 7) is 3.06. The summed E-state index contributed by atoms with van der Waals surface area (Å²) in [7, 11) is 3.55. The molecule has 1 aliphatic heterocycles. The molecule has 1 fully saturated rings. The fourth-order valence-electron chi connectivity index (χ4n) is 2.53. The molecule has 1 heterocycles. The third kappa shape index (κ3) is 6.16. The predicted octanol–water partition coefficient (Wildman–Crippen LogP) is 2.79. The molecule has 0 aliphatic carbocycles. The number of hydrogen-bond acceptors (Lipinski definition) is 4. The van der Waals surface area contributed by atoms with Crippen LogP contribution in [0.1, 0.15) is 12.8 Å². The first kappa shape index (κ1) is 19.4. The van der Waals surface area contributed by atoms with Gasteiger partial charge in [-0.3, -0.25) is 4.99 Å². The Bertz CT molecular complexity index is 519. The molecule has 2 rings (SSSR count). The van der Waals surface area contributed by atoms with Crippen LogP contribution in [0.3, 0.4) is 0 Å². The summed E-state index contributed by atoms with van der Waals surface area (Å²) >= 11 is 7.68. The van der Waals surface area contributed by atoms with Gasteiger partial charge in [-0.15, -0.1) is 11.8 Å². The Labute approximate surface area is 153 Å². The molecular formula is C17H26ClN3O2S. The monoisotopic (exact) mass is 371 g/mol. The standard InChI is InChI=1S/C17H26ClN3O2S/c1-19-16(21-13-17(22-2)7-10-23-11-8-17)20-9-12-24-15-5-3-14(18)4-6-15/h3-6H,7-13H2,1-2H3,(H2,19,20,21). The Morgan fingerprint density at radius 1 is 1.29 bits per heavy atom. The summed E-state index contributed by atoms with van der Waals surface area (Å²) in [6.07, 6.45) is 1.81. The van der Waals surface area contributed by atoms with Crippen LogP contribution in [0, 0.1) is 0 Å². The summed E-state index contributed by atoms with van der Waals surface area (Å²) in [5, 5.41) is 7.47. The molecule has 24 heavy (non-hydrogen) atoms. The summed E-state index contributed by atoms with van der Waals surface area (Å²) in [4.78, 5) is 5.49. The van der Waals surface area contributed by atoms with Crippen molar-refractivity contribution >= 4 is 29.3 Å². The highest BCUT2D eigenvalue weighted by Crippen LogP contribution is 2.23. The maximum Gasteiger partial charge on any atom is 0.191 e. The van der Waals surface area contributed by atoms with Crippen molar-refractivity contribution in [2.45, 2.75) is 23.3 Å². The SMILES string of the molecule is CN=C(NCCSc1ccc(Cl)cc1)NCC1(OC)CCOCC1. The molecular weight excluding hydrogens is 346 g/mol. The molecule has 1 aliphatic rings. The molecule has 2 N–H and O–H groups in total. The molecule has 0 amide bonds. The first-order valence-electron chi connectivity index (χ1n) is 8.13. The van der Waals surface area contributed by atoms with Crippen LogP contribution in [0.25, 0.3) is 0 Å². The quantitative estimate of drug-likeness (QED) is 0.334. The number of aliphatic imine (C=N–C) groups is 1. The van der Waals surface area contributed by atoms with Gasteiger partial charge in [0.1, 0.15) is 0 Å². The lowest BCUT2D eigenvalue weighted by atomic mass is 9.94. The minimum Gasteiger partial charge on any atom is -0.381 e. The normalized spacial score (nSPS) is 17.5. The van der Waals surface area contributed by atoms with Crippen LogP contribution in [0.5, 0.6) is 0 Å². The largest absolute Gasteiger partial charge is 0.381 e. The highest BCUT2D eigenvalue weighted by Gasteiger charge is 2.32. The molecule has 5 nitrogen and oxygen atoms in total. The highest BCUT2D eigenvalue weighted by molar-refractivity contribution is 7.99. The van der Waals surface area contributed by atoms with Crippen molar-refractivity contribution in [3.63, 3.8) is 0 Å². The van der Waals surface area contributed by atoms with E-state index in [1.54, 1.807) is 25.9 Å². The van der Waals surface area contributed by atoms with Gasteiger partial charge in [-0.25, -0.2) is 0 Å². The topological polar surface area (TPSA) is 54.9 Å². The summed E-state index contributed by atoms with van der Waals surface area (Å²) in [5.41, 5.74) is -0.159. The van der Waals surface area contributed by atoms with Crippen LogP contribution in [0.2, 0.25) is 5.02 Å². The molecule has 0 atom stereocenters. The van der Waals surface area contributed by atoms with Gasteiger partial charge in [0.2, 0.25) is 0 Å². The van der Waals surface area contributed by atoms with E-state index < -0.39 is 0 Å². The predicted molar refractivity (Wildman–Crippen MR) is 101 cm³/mol. The van der Waals surface area contributed by atoms with Crippen LogP contribution in [-0.2, 0) is 9.47 Å². The highest BCUT2D eigenvalue weighted by atomic mass is 35.5. The average molecular weight is 372 g/mol. The fraction of sp³-hybridized carbons (Fsp3) is 0.588. The number of hydrogen-bond donors (Lipinski definition) is 2. The van der Waals surface area contributed by atoms with E-state index in [-0.39, 0.29) is 5.60 Å². The number of guanidine groups is 1. The minimum atomic E-state index is -0.159. The molecule has 1 saturated heterocycles. The third-order valence-electron chi connectivity index (χ3n) is 4.12. The molecule has 0 radical (unpaired) electrons.